The molecule has 1 atom stereocenters. The molecule has 1 fully saturated rings. The molecule has 8 nitrogen and oxygen atoms in total. The van der Waals surface area contributed by atoms with Crippen LogP contribution in [-0.2, 0) is 4.74 Å². The van der Waals surface area contributed by atoms with Gasteiger partial charge in [0.25, 0.3) is 0 Å². The van der Waals surface area contributed by atoms with Crippen molar-refractivity contribution in [3.8, 4) is 17.5 Å². The van der Waals surface area contributed by atoms with E-state index in [0.29, 0.717) is 18.0 Å². The van der Waals surface area contributed by atoms with E-state index in [2.05, 4.69) is 15.1 Å². The molecule has 3 rings (SSSR count). The van der Waals surface area contributed by atoms with Gasteiger partial charge in [-0.25, -0.2) is 19.4 Å². The fraction of sp³-hybridized carbons (Fsp3) is 0.308. The molecule has 8 heteroatoms. The number of hydrogen-bond acceptors (Lipinski definition) is 6. The Labute approximate surface area is 119 Å². The predicted molar refractivity (Wildman–Crippen MR) is 69.2 cm³/mol. The molecular weight excluding hydrogens is 274 g/mol. The van der Waals surface area contributed by atoms with Gasteiger partial charge in [0.15, 0.2) is 11.9 Å². The van der Waals surface area contributed by atoms with Crippen LogP contribution in [0.5, 0.6) is 0 Å². The monoisotopic (exact) mass is 285 g/mol. The number of hydrogen-bond donors (Lipinski definition) is 1. The van der Waals surface area contributed by atoms with Gasteiger partial charge in [-0.1, -0.05) is 0 Å². The zero-order chi connectivity index (χ0) is 14.8. The molecule has 0 radical (unpaired) electrons. The van der Waals surface area contributed by atoms with E-state index in [1.54, 1.807) is 0 Å². The maximum atomic E-state index is 11.1. The Morgan fingerprint density at radius 2 is 2.33 bits per heavy atom. The minimum Gasteiger partial charge on any atom is -0.476 e. The molecule has 2 aromatic rings. The molecule has 21 heavy (non-hydrogen) atoms. The number of aromatic carboxylic acids is 1. The number of aromatic nitrogens is 4. The highest BCUT2D eigenvalue weighted by molar-refractivity contribution is 5.86. The molecule has 2 aromatic heterocycles. The van der Waals surface area contributed by atoms with Crippen LogP contribution in [0.1, 0.15) is 35.3 Å². The zero-order valence-corrected chi connectivity index (χ0v) is 10.9. The predicted octanol–water partition coefficient (Wildman–Crippen LogP) is 1.22. The molecule has 1 aliphatic heterocycles. The number of ether oxygens (including phenoxy) is 1. The Morgan fingerprint density at radius 3 is 3.00 bits per heavy atom. The highest BCUT2D eigenvalue weighted by Crippen LogP contribution is 2.29. The van der Waals surface area contributed by atoms with Crippen LogP contribution in [0.15, 0.2) is 18.5 Å². The van der Waals surface area contributed by atoms with E-state index in [0.717, 1.165) is 12.8 Å². The highest BCUT2D eigenvalue weighted by atomic mass is 16.5. The van der Waals surface area contributed by atoms with Gasteiger partial charge in [0.1, 0.15) is 18.1 Å². The summed E-state index contributed by atoms with van der Waals surface area (Å²) in [7, 11) is 0. The van der Waals surface area contributed by atoms with Gasteiger partial charge in [-0.15, -0.1) is 0 Å². The Hall–Kier alpha value is -2.79. The summed E-state index contributed by atoms with van der Waals surface area (Å²) in [4.78, 5) is 19.0. The molecule has 0 amide bonds. The van der Waals surface area contributed by atoms with Crippen molar-refractivity contribution in [3.05, 3.63) is 29.8 Å². The third-order valence-electron chi connectivity index (χ3n) is 3.18. The van der Waals surface area contributed by atoms with Gasteiger partial charge in [-0.2, -0.15) is 10.4 Å². The Morgan fingerprint density at radius 1 is 1.48 bits per heavy atom. The Bertz CT molecular complexity index is 728. The molecule has 1 saturated heterocycles. The number of carboxylic acids is 1. The molecule has 1 N–H and O–H groups in total. The second kappa shape index (κ2) is 5.30. The van der Waals surface area contributed by atoms with E-state index in [1.807, 2.05) is 6.07 Å². The molecule has 1 aliphatic rings. The first kappa shape index (κ1) is 13.2. The third-order valence-corrected chi connectivity index (χ3v) is 3.18. The molecular formula is C13H11N5O3. The summed E-state index contributed by atoms with van der Waals surface area (Å²) in [6.45, 7) is 0.611. The van der Waals surface area contributed by atoms with Crippen molar-refractivity contribution >= 4 is 5.97 Å². The molecule has 106 valence electrons. The molecule has 3 heterocycles. The maximum Gasteiger partial charge on any atom is 0.356 e. The molecule has 0 aliphatic carbocycles. The minimum absolute atomic E-state index is 0.0855. The summed E-state index contributed by atoms with van der Waals surface area (Å²) in [5.74, 6) is -1.12. The van der Waals surface area contributed by atoms with Crippen LogP contribution >= 0.6 is 0 Å². The zero-order valence-electron chi connectivity index (χ0n) is 10.9. The first-order valence-corrected chi connectivity index (χ1v) is 6.36. The molecule has 0 aromatic carbocycles. The fourth-order valence-corrected chi connectivity index (χ4v) is 2.22. The van der Waals surface area contributed by atoms with Crippen LogP contribution < -0.4 is 0 Å². The standard InChI is InChI=1S/C13H11N5O3/c14-6-8-4-9(16-7-15-8)11-5-10(13(19)20)17-18(11)12-2-1-3-21-12/h4-5,7,12H,1-3H2,(H,19,20). The minimum atomic E-state index is -1.12. The van der Waals surface area contributed by atoms with Crippen molar-refractivity contribution < 1.29 is 14.6 Å². The van der Waals surface area contributed by atoms with Crippen LogP contribution in [0.2, 0.25) is 0 Å². The summed E-state index contributed by atoms with van der Waals surface area (Å²) in [6, 6.07) is 4.85. The number of carboxylic acid groups (broad SMARTS) is 1. The number of carbonyl (C=O) groups is 1. The normalized spacial score (nSPS) is 17.6. The largest absolute Gasteiger partial charge is 0.476 e. The van der Waals surface area contributed by atoms with Crippen molar-refractivity contribution in [2.24, 2.45) is 0 Å². The maximum absolute atomic E-state index is 11.1. The SMILES string of the molecule is N#Cc1cc(-c2cc(C(=O)O)nn2C2CCCO2)ncn1. The van der Waals surface area contributed by atoms with Gasteiger partial charge >= 0.3 is 5.97 Å². The van der Waals surface area contributed by atoms with Crippen molar-refractivity contribution in [1.82, 2.24) is 19.7 Å². The van der Waals surface area contributed by atoms with Gasteiger partial charge in [-0.3, -0.25) is 0 Å². The summed E-state index contributed by atoms with van der Waals surface area (Å²) < 4.78 is 7.06. The van der Waals surface area contributed by atoms with Gasteiger partial charge in [-0.05, 0) is 12.8 Å². The second-order valence-electron chi connectivity index (χ2n) is 4.53. The van der Waals surface area contributed by atoms with Crippen LogP contribution in [0.25, 0.3) is 11.4 Å². The van der Waals surface area contributed by atoms with Gasteiger partial charge in [0, 0.05) is 18.7 Å². The quantitative estimate of drug-likeness (QED) is 0.901. The summed E-state index contributed by atoms with van der Waals surface area (Å²) >= 11 is 0. The lowest BCUT2D eigenvalue weighted by Crippen LogP contribution is -2.12. The lowest BCUT2D eigenvalue weighted by molar-refractivity contribution is 0.0469. The van der Waals surface area contributed by atoms with E-state index < -0.39 is 5.97 Å². The molecule has 0 bridgehead atoms. The first-order chi connectivity index (χ1) is 10.2. The average molecular weight is 285 g/mol. The molecule has 0 spiro atoms. The van der Waals surface area contributed by atoms with Crippen LogP contribution in [-0.4, -0.2) is 37.4 Å². The summed E-state index contributed by atoms with van der Waals surface area (Å²) in [5, 5.41) is 22.1. The Kier molecular flexibility index (Phi) is 3.33. The van der Waals surface area contributed by atoms with Crippen molar-refractivity contribution in [2.75, 3.05) is 6.61 Å². The number of nitrogens with zero attached hydrogens (tertiary/aromatic N) is 5. The van der Waals surface area contributed by atoms with Crippen LogP contribution in [0.4, 0.5) is 0 Å². The van der Waals surface area contributed by atoms with E-state index in [1.165, 1.54) is 23.1 Å². The van der Waals surface area contributed by atoms with E-state index in [4.69, 9.17) is 15.1 Å². The highest BCUT2D eigenvalue weighted by Gasteiger charge is 2.25. The van der Waals surface area contributed by atoms with Gasteiger partial charge in [0.2, 0.25) is 0 Å². The summed E-state index contributed by atoms with van der Waals surface area (Å²) in [5.41, 5.74) is 1.06. The lowest BCUT2D eigenvalue weighted by atomic mass is 10.2. The average Bonchev–Trinajstić information content (AvgIpc) is 3.16. The third kappa shape index (κ3) is 2.46. The number of rotatable bonds is 3. The van der Waals surface area contributed by atoms with Crippen molar-refractivity contribution in [1.29, 1.82) is 5.26 Å². The van der Waals surface area contributed by atoms with Crippen molar-refractivity contribution in [3.63, 3.8) is 0 Å². The number of nitriles is 1. The van der Waals surface area contributed by atoms with Crippen molar-refractivity contribution in [2.45, 2.75) is 19.1 Å². The summed E-state index contributed by atoms with van der Waals surface area (Å²) in [6.07, 6.45) is 2.60. The van der Waals surface area contributed by atoms with Gasteiger partial charge in [0.05, 0.1) is 11.4 Å². The van der Waals surface area contributed by atoms with Gasteiger partial charge < -0.3 is 9.84 Å². The molecule has 0 saturated carbocycles. The Balaban J connectivity index is 2.11. The second-order valence-corrected chi connectivity index (χ2v) is 4.53. The van der Waals surface area contributed by atoms with Crippen LogP contribution in [0.3, 0.4) is 0 Å². The smallest absolute Gasteiger partial charge is 0.356 e. The lowest BCUT2D eigenvalue weighted by Gasteiger charge is -2.13. The van der Waals surface area contributed by atoms with E-state index >= 15 is 0 Å². The first-order valence-electron chi connectivity index (χ1n) is 6.36. The van der Waals surface area contributed by atoms with E-state index in [-0.39, 0.29) is 17.6 Å². The van der Waals surface area contributed by atoms with Crippen LogP contribution in [0, 0.1) is 11.3 Å². The molecule has 1 unspecified atom stereocenters. The fourth-order valence-electron chi connectivity index (χ4n) is 2.22. The topological polar surface area (TPSA) is 114 Å². The van der Waals surface area contributed by atoms with E-state index in [9.17, 15) is 4.79 Å².